The van der Waals surface area contributed by atoms with E-state index in [-0.39, 0.29) is 0 Å². The minimum absolute atomic E-state index is 0.350. The highest BCUT2D eigenvalue weighted by atomic mass is 32.2. The zero-order chi connectivity index (χ0) is 19.6. The van der Waals surface area contributed by atoms with Gasteiger partial charge in [0.1, 0.15) is 0 Å². The van der Waals surface area contributed by atoms with Gasteiger partial charge in [-0.1, -0.05) is 18.2 Å². The number of rotatable bonds is 7. The standard InChI is InChI=1S/C20H23N5O2S/c1-28(26,27)24-13-16(14-24)11-22-12-18-15-25(19-5-3-2-4-6-19)23-20(18)17-7-9-21-10-8-17/h2-10,15-16,22H,11-14H2,1H3. The number of benzene rings is 1. The fourth-order valence-corrected chi connectivity index (χ4v) is 4.30. The van der Waals surface area contributed by atoms with Crippen LogP contribution in [-0.4, -0.2) is 53.4 Å². The molecule has 0 unspecified atom stereocenters. The van der Waals surface area contributed by atoms with E-state index in [9.17, 15) is 8.42 Å². The molecule has 0 spiro atoms. The third-order valence-corrected chi connectivity index (χ3v) is 6.14. The van der Waals surface area contributed by atoms with Gasteiger partial charge in [0, 0.05) is 55.9 Å². The Bertz CT molecular complexity index is 1030. The van der Waals surface area contributed by atoms with Crippen molar-refractivity contribution in [3.05, 3.63) is 66.6 Å². The van der Waals surface area contributed by atoms with Crippen LogP contribution in [0.3, 0.4) is 0 Å². The van der Waals surface area contributed by atoms with Gasteiger partial charge in [-0.25, -0.2) is 17.4 Å². The van der Waals surface area contributed by atoms with Gasteiger partial charge >= 0.3 is 0 Å². The molecule has 7 nitrogen and oxygen atoms in total. The summed E-state index contributed by atoms with van der Waals surface area (Å²) >= 11 is 0. The maximum atomic E-state index is 11.5. The van der Waals surface area contributed by atoms with Crippen molar-refractivity contribution in [1.29, 1.82) is 0 Å². The summed E-state index contributed by atoms with van der Waals surface area (Å²) in [5.74, 6) is 0.350. The molecule has 1 N–H and O–H groups in total. The summed E-state index contributed by atoms with van der Waals surface area (Å²) in [7, 11) is -3.06. The Morgan fingerprint density at radius 3 is 2.50 bits per heavy atom. The Labute approximate surface area is 165 Å². The molecule has 146 valence electrons. The Kier molecular flexibility index (Phi) is 5.25. The predicted octanol–water partition coefficient (Wildman–Crippen LogP) is 1.92. The second kappa shape index (κ2) is 7.83. The molecule has 1 fully saturated rings. The molecule has 1 aliphatic heterocycles. The summed E-state index contributed by atoms with van der Waals surface area (Å²) in [5, 5.41) is 8.25. The highest BCUT2D eigenvalue weighted by Crippen LogP contribution is 2.24. The molecule has 3 aromatic rings. The van der Waals surface area contributed by atoms with Crippen LogP contribution in [0.25, 0.3) is 16.9 Å². The van der Waals surface area contributed by atoms with Crippen LogP contribution < -0.4 is 5.32 Å². The quantitative estimate of drug-likeness (QED) is 0.659. The van der Waals surface area contributed by atoms with E-state index in [0.717, 1.165) is 29.1 Å². The number of hydrogen-bond donors (Lipinski definition) is 1. The monoisotopic (exact) mass is 397 g/mol. The van der Waals surface area contributed by atoms with Crippen molar-refractivity contribution in [2.45, 2.75) is 6.54 Å². The molecule has 8 heteroatoms. The third kappa shape index (κ3) is 4.14. The molecule has 0 atom stereocenters. The minimum Gasteiger partial charge on any atom is -0.312 e. The maximum absolute atomic E-state index is 11.5. The van der Waals surface area contributed by atoms with Crippen LogP contribution in [0.5, 0.6) is 0 Å². The summed E-state index contributed by atoms with van der Waals surface area (Å²) in [5.41, 5.74) is 4.04. The predicted molar refractivity (Wildman–Crippen MR) is 108 cm³/mol. The first-order valence-electron chi connectivity index (χ1n) is 9.21. The van der Waals surface area contributed by atoms with Crippen LogP contribution in [0.15, 0.2) is 61.1 Å². The second-order valence-electron chi connectivity index (χ2n) is 7.10. The smallest absolute Gasteiger partial charge is 0.211 e. The van der Waals surface area contributed by atoms with Crippen molar-refractivity contribution in [3.63, 3.8) is 0 Å². The molecule has 28 heavy (non-hydrogen) atoms. The lowest BCUT2D eigenvalue weighted by atomic mass is 10.0. The van der Waals surface area contributed by atoms with Crippen molar-refractivity contribution in [2.75, 3.05) is 25.9 Å². The highest BCUT2D eigenvalue weighted by molar-refractivity contribution is 7.88. The molecule has 0 radical (unpaired) electrons. The molecule has 4 rings (SSSR count). The zero-order valence-corrected chi connectivity index (χ0v) is 16.5. The van der Waals surface area contributed by atoms with Gasteiger partial charge in [0.25, 0.3) is 0 Å². The molecule has 1 aliphatic rings. The lowest BCUT2D eigenvalue weighted by Gasteiger charge is -2.37. The molecule has 0 saturated carbocycles. The minimum atomic E-state index is -3.06. The van der Waals surface area contributed by atoms with Crippen LogP contribution in [-0.2, 0) is 16.6 Å². The lowest BCUT2D eigenvalue weighted by Crippen LogP contribution is -2.52. The fourth-order valence-electron chi connectivity index (χ4n) is 3.34. The first-order valence-corrected chi connectivity index (χ1v) is 11.1. The number of aromatic nitrogens is 3. The van der Waals surface area contributed by atoms with Gasteiger partial charge in [0.15, 0.2) is 0 Å². The molecular weight excluding hydrogens is 374 g/mol. The number of para-hydroxylation sites is 1. The topological polar surface area (TPSA) is 80.1 Å². The summed E-state index contributed by atoms with van der Waals surface area (Å²) in [4.78, 5) is 4.09. The van der Waals surface area contributed by atoms with Crippen molar-refractivity contribution < 1.29 is 8.42 Å². The van der Waals surface area contributed by atoms with Gasteiger partial charge < -0.3 is 5.32 Å². The third-order valence-electron chi connectivity index (χ3n) is 4.91. The molecule has 0 aliphatic carbocycles. The zero-order valence-electron chi connectivity index (χ0n) is 15.7. The van der Waals surface area contributed by atoms with Crippen LogP contribution >= 0.6 is 0 Å². The van der Waals surface area contributed by atoms with Gasteiger partial charge in [-0.05, 0) is 30.2 Å². The lowest BCUT2D eigenvalue weighted by molar-refractivity contribution is 0.197. The summed E-state index contributed by atoms with van der Waals surface area (Å²) in [6, 6.07) is 13.9. The fraction of sp³-hybridized carbons (Fsp3) is 0.300. The second-order valence-corrected chi connectivity index (χ2v) is 9.08. The number of nitrogens with one attached hydrogen (secondary N) is 1. The van der Waals surface area contributed by atoms with E-state index >= 15 is 0 Å². The van der Waals surface area contributed by atoms with E-state index in [1.807, 2.05) is 53.3 Å². The van der Waals surface area contributed by atoms with Crippen molar-refractivity contribution >= 4 is 10.0 Å². The van der Waals surface area contributed by atoms with Gasteiger partial charge in [-0.15, -0.1) is 0 Å². The van der Waals surface area contributed by atoms with E-state index in [0.29, 0.717) is 25.6 Å². The van der Waals surface area contributed by atoms with Crippen molar-refractivity contribution in [1.82, 2.24) is 24.4 Å². The Balaban J connectivity index is 1.47. The van der Waals surface area contributed by atoms with Crippen LogP contribution in [0.4, 0.5) is 0 Å². The number of pyridine rings is 1. The van der Waals surface area contributed by atoms with Crippen molar-refractivity contribution in [2.24, 2.45) is 5.92 Å². The van der Waals surface area contributed by atoms with Gasteiger partial charge in [-0.2, -0.15) is 5.10 Å². The molecular formula is C20H23N5O2S. The highest BCUT2D eigenvalue weighted by Gasteiger charge is 2.32. The SMILES string of the molecule is CS(=O)(=O)N1CC(CNCc2cn(-c3ccccc3)nc2-c2ccncc2)C1. The van der Waals surface area contributed by atoms with Gasteiger partial charge in [0.05, 0.1) is 17.6 Å². The first-order chi connectivity index (χ1) is 13.5. The van der Waals surface area contributed by atoms with Gasteiger partial charge in [0.2, 0.25) is 10.0 Å². The van der Waals surface area contributed by atoms with E-state index < -0.39 is 10.0 Å². The molecule has 0 bridgehead atoms. The Hall–Kier alpha value is -2.55. The van der Waals surface area contributed by atoms with E-state index in [1.165, 1.54) is 10.6 Å². The number of nitrogens with zero attached hydrogens (tertiary/aromatic N) is 4. The molecule has 2 aromatic heterocycles. The van der Waals surface area contributed by atoms with Crippen LogP contribution in [0.2, 0.25) is 0 Å². The van der Waals surface area contributed by atoms with E-state index in [1.54, 1.807) is 12.4 Å². The van der Waals surface area contributed by atoms with Crippen molar-refractivity contribution in [3.8, 4) is 16.9 Å². The summed E-state index contributed by atoms with van der Waals surface area (Å²) in [6.07, 6.45) is 6.84. The average molecular weight is 398 g/mol. The molecule has 3 heterocycles. The number of hydrogen-bond acceptors (Lipinski definition) is 5. The van der Waals surface area contributed by atoms with E-state index in [4.69, 9.17) is 5.10 Å². The number of sulfonamides is 1. The normalized spacial score (nSPS) is 15.5. The van der Waals surface area contributed by atoms with E-state index in [2.05, 4.69) is 10.3 Å². The van der Waals surface area contributed by atoms with Gasteiger partial charge in [-0.3, -0.25) is 4.98 Å². The summed E-state index contributed by atoms with van der Waals surface area (Å²) in [6.45, 7) is 2.62. The largest absolute Gasteiger partial charge is 0.312 e. The molecule has 1 aromatic carbocycles. The Morgan fingerprint density at radius 2 is 1.82 bits per heavy atom. The van der Waals surface area contributed by atoms with Crippen LogP contribution in [0.1, 0.15) is 5.56 Å². The summed E-state index contributed by atoms with van der Waals surface area (Å²) < 4.78 is 26.4. The maximum Gasteiger partial charge on any atom is 0.211 e. The molecule has 0 amide bonds. The average Bonchev–Trinajstić information content (AvgIpc) is 3.08. The van der Waals surface area contributed by atoms with Crippen LogP contribution in [0, 0.1) is 5.92 Å². The Morgan fingerprint density at radius 1 is 1.11 bits per heavy atom. The first kappa shape index (κ1) is 18.8. The molecule has 1 saturated heterocycles.